The van der Waals surface area contributed by atoms with Crippen LogP contribution in [0.1, 0.15) is 12.0 Å². The number of methoxy groups -OCH3 is 4. The number of ether oxygens (including phenoxy) is 5. The molecular weight excluding hydrogens is 454 g/mol. The van der Waals surface area contributed by atoms with E-state index < -0.39 is 0 Å². The third-order valence-electron chi connectivity index (χ3n) is 5.80. The lowest BCUT2D eigenvalue weighted by atomic mass is 10.1. The van der Waals surface area contributed by atoms with Crippen molar-refractivity contribution in [2.75, 3.05) is 73.1 Å². The molecule has 0 bridgehead atoms. The van der Waals surface area contributed by atoms with Crippen LogP contribution < -0.4 is 24.3 Å². The Labute approximate surface area is 207 Å². The average Bonchev–Trinajstić information content (AvgIpc) is 2.88. The van der Waals surface area contributed by atoms with Crippen LogP contribution in [0.25, 0.3) is 0 Å². The van der Waals surface area contributed by atoms with Gasteiger partial charge in [0.1, 0.15) is 23.0 Å². The maximum Gasteiger partial charge on any atom is 0.173 e. The Morgan fingerprint density at radius 3 is 2.24 bits per heavy atom. The van der Waals surface area contributed by atoms with E-state index in [0.717, 1.165) is 74.3 Å². The van der Waals surface area contributed by atoms with E-state index in [-0.39, 0.29) is 0 Å². The lowest BCUT2D eigenvalue weighted by Crippen LogP contribution is -2.40. The summed E-state index contributed by atoms with van der Waals surface area (Å²) in [6.07, 6.45) is 0.972. The van der Waals surface area contributed by atoms with Crippen LogP contribution in [0.5, 0.6) is 23.0 Å². The van der Waals surface area contributed by atoms with Gasteiger partial charge in [0.2, 0.25) is 0 Å². The molecule has 0 aliphatic carbocycles. The van der Waals surface area contributed by atoms with Gasteiger partial charge in [0.15, 0.2) is 5.11 Å². The summed E-state index contributed by atoms with van der Waals surface area (Å²) >= 11 is 5.85. The van der Waals surface area contributed by atoms with E-state index in [0.29, 0.717) is 17.4 Å². The van der Waals surface area contributed by atoms with Crippen molar-refractivity contribution in [3.05, 3.63) is 42.0 Å². The summed E-state index contributed by atoms with van der Waals surface area (Å²) in [6, 6.07) is 11.5. The molecule has 0 atom stereocenters. The first kappa shape index (κ1) is 25.9. The molecule has 1 fully saturated rings. The van der Waals surface area contributed by atoms with Crippen molar-refractivity contribution in [2.45, 2.75) is 13.0 Å². The van der Waals surface area contributed by atoms with E-state index in [1.54, 1.807) is 28.4 Å². The maximum absolute atomic E-state index is 5.85. The van der Waals surface area contributed by atoms with E-state index in [9.17, 15) is 0 Å². The molecule has 1 heterocycles. The SMILES string of the molecule is COc1ccc(CN(CCCN2CCOCC2)C(=S)Nc2ccc(OC)cc2OC)c(OC)c1. The number of nitrogens with zero attached hydrogens (tertiary/aromatic N) is 2. The predicted octanol–water partition coefficient (Wildman–Crippen LogP) is 3.64. The van der Waals surface area contributed by atoms with E-state index in [2.05, 4.69) is 15.1 Å². The summed E-state index contributed by atoms with van der Waals surface area (Å²) in [6.45, 7) is 5.91. The standard InChI is InChI=1S/C25H35N3O5S/c1-29-20-7-6-19(23(16-20)31-3)18-28(11-5-10-27-12-14-33-15-13-27)25(34)26-22-9-8-21(30-2)17-24(22)32-4/h6-9,16-17H,5,10-15,18H2,1-4H3,(H,26,34). The fraction of sp³-hybridized carbons (Fsp3) is 0.480. The van der Waals surface area contributed by atoms with Crippen LogP contribution in [0.3, 0.4) is 0 Å². The second kappa shape index (κ2) is 13.2. The summed E-state index contributed by atoms with van der Waals surface area (Å²) < 4.78 is 27.3. The normalized spacial score (nSPS) is 13.8. The Kier molecular flexibility index (Phi) is 10.1. The van der Waals surface area contributed by atoms with Crippen molar-refractivity contribution in [3.63, 3.8) is 0 Å². The summed E-state index contributed by atoms with van der Waals surface area (Å²) in [4.78, 5) is 4.59. The second-order valence-electron chi connectivity index (χ2n) is 7.90. The maximum atomic E-state index is 5.85. The number of hydrogen-bond donors (Lipinski definition) is 1. The molecule has 0 unspecified atom stereocenters. The molecule has 3 rings (SSSR count). The number of benzene rings is 2. The van der Waals surface area contributed by atoms with Crippen LogP contribution >= 0.6 is 12.2 Å². The van der Waals surface area contributed by atoms with E-state index in [1.165, 1.54) is 0 Å². The van der Waals surface area contributed by atoms with Crippen molar-refractivity contribution < 1.29 is 23.7 Å². The van der Waals surface area contributed by atoms with Crippen molar-refractivity contribution in [3.8, 4) is 23.0 Å². The van der Waals surface area contributed by atoms with Crippen molar-refractivity contribution in [1.29, 1.82) is 0 Å². The zero-order chi connectivity index (χ0) is 24.3. The summed E-state index contributed by atoms with van der Waals surface area (Å²) in [5, 5.41) is 3.97. The largest absolute Gasteiger partial charge is 0.497 e. The van der Waals surface area contributed by atoms with Gasteiger partial charge in [-0.15, -0.1) is 0 Å². The first-order valence-corrected chi connectivity index (χ1v) is 11.8. The van der Waals surface area contributed by atoms with Crippen molar-refractivity contribution in [1.82, 2.24) is 9.80 Å². The van der Waals surface area contributed by atoms with Gasteiger partial charge in [-0.05, 0) is 42.9 Å². The van der Waals surface area contributed by atoms with E-state index in [4.69, 9.17) is 35.9 Å². The highest BCUT2D eigenvalue weighted by molar-refractivity contribution is 7.80. The fourth-order valence-electron chi connectivity index (χ4n) is 3.85. The molecule has 0 radical (unpaired) electrons. The summed E-state index contributed by atoms with van der Waals surface area (Å²) in [5.41, 5.74) is 1.81. The van der Waals surface area contributed by atoms with Gasteiger partial charge in [-0.25, -0.2) is 0 Å². The first-order valence-electron chi connectivity index (χ1n) is 11.4. The lowest BCUT2D eigenvalue weighted by molar-refractivity contribution is 0.0367. The molecule has 1 aliphatic heterocycles. The highest BCUT2D eigenvalue weighted by Crippen LogP contribution is 2.30. The number of thiocarbonyl (C=S) groups is 1. The van der Waals surface area contributed by atoms with E-state index >= 15 is 0 Å². The molecule has 2 aromatic carbocycles. The monoisotopic (exact) mass is 489 g/mol. The molecule has 8 nitrogen and oxygen atoms in total. The van der Waals surface area contributed by atoms with E-state index in [1.807, 2.05) is 36.4 Å². The van der Waals surface area contributed by atoms with Gasteiger partial charge in [-0.3, -0.25) is 4.90 Å². The van der Waals surface area contributed by atoms with Gasteiger partial charge >= 0.3 is 0 Å². The third kappa shape index (κ3) is 7.12. The molecule has 186 valence electrons. The van der Waals surface area contributed by atoms with Crippen molar-refractivity contribution in [2.24, 2.45) is 0 Å². The average molecular weight is 490 g/mol. The molecule has 0 saturated carbocycles. The van der Waals surface area contributed by atoms with Crippen LogP contribution in [-0.4, -0.2) is 82.7 Å². The van der Waals surface area contributed by atoms with Crippen LogP contribution in [0, 0.1) is 0 Å². The smallest absolute Gasteiger partial charge is 0.173 e. The number of hydrogen-bond acceptors (Lipinski definition) is 7. The Balaban J connectivity index is 1.75. The van der Waals surface area contributed by atoms with Crippen molar-refractivity contribution >= 4 is 23.0 Å². The summed E-state index contributed by atoms with van der Waals surface area (Å²) in [7, 11) is 6.57. The Morgan fingerprint density at radius 2 is 1.59 bits per heavy atom. The second-order valence-corrected chi connectivity index (χ2v) is 8.29. The minimum absolute atomic E-state index is 0.598. The van der Waals surface area contributed by atoms with Crippen LogP contribution in [-0.2, 0) is 11.3 Å². The Morgan fingerprint density at radius 1 is 0.941 bits per heavy atom. The molecular formula is C25H35N3O5S. The molecule has 0 spiro atoms. The Bertz CT molecular complexity index is 937. The predicted molar refractivity (Wildman–Crippen MR) is 138 cm³/mol. The van der Waals surface area contributed by atoms with Gasteiger partial charge in [0.25, 0.3) is 0 Å². The highest BCUT2D eigenvalue weighted by atomic mass is 32.1. The molecule has 9 heteroatoms. The fourth-order valence-corrected chi connectivity index (χ4v) is 4.11. The van der Waals surface area contributed by atoms with Gasteiger partial charge in [-0.1, -0.05) is 0 Å². The van der Waals surface area contributed by atoms with Crippen LogP contribution in [0.2, 0.25) is 0 Å². The number of anilines is 1. The summed E-state index contributed by atoms with van der Waals surface area (Å²) in [5.74, 6) is 2.90. The molecule has 1 aliphatic rings. The molecule has 2 aromatic rings. The molecule has 0 aromatic heterocycles. The third-order valence-corrected chi connectivity index (χ3v) is 6.16. The minimum Gasteiger partial charge on any atom is -0.497 e. The zero-order valence-corrected chi connectivity index (χ0v) is 21.3. The topological polar surface area (TPSA) is 64.7 Å². The lowest BCUT2D eigenvalue weighted by Gasteiger charge is -2.30. The van der Waals surface area contributed by atoms with Gasteiger partial charge in [-0.2, -0.15) is 0 Å². The molecule has 0 amide bonds. The quantitative estimate of drug-likeness (QED) is 0.477. The number of rotatable bonds is 11. The van der Waals surface area contributed by atoms with Gasteiger partial charge < -0.3 is 33.9 Å². The zero-order valence-electron chi connectivity index (χ0n) is 20.5. The van der Waals surface area contributed by atoms with Crippen LogP contribution in [0.4, 0.5) is 5.69 Å². The van der Waals surface area contributed by atoms with Crippen LogP contribution in [0.15, 0.2) is 36.4 Å². The molecule has 34 heavy (non-hydrogen) atoms. The number of nitrogens with one attached hydrogen (secondary N) is 1. The van der Waals surface area contributed by atoms with Gasteiger partial charge in [0, 0.05) is 50.4 Å². The minimum atomic E-state index is 0.598. The molecule has 1 saturated heterocycles. The highest BCUT2D eigenvalue weighted by Gasteiger charge is 2.17. The number of morpholine rings is 1. The Hall–Kier alpha value is -2.75. The first-order chi connectivity index (χ1) is 16.6. The van der Waals surface area contributed by atoms with Gasteiger partial charge in [0.05, 0.1) is 47.3 Å². The molecule has 1 N–H and O–H groups in total.